The van der Waals surface area contributed by atoms with Crippen LogP contribution in [0.4, 0.5) is 5.69 Å². The van der Waals surface area contributed by atoms with Gasteiger partial charge in [0.1, 0.15) is 0 Å². The lowest BCUT2D eigenvalue weighted by atomic mass is 10.2. The third-order valence-corrected chi connectivity index (χ3v) is 4.15. The number of rotatable bonds is 5. The second-order valence-electron chi connectivity index (χ2n) is 4.61. The van der Waals surface area contributed by atoms with Crippen LogP contribution < -0.4 is 10.6 Å². The number of hydrogen-bond donors (Lipinski definition) is 2. The fourth-order valence-electron chi connectivity index (χ4n) is 1.87. The van der Waals surface area contributed by atoms with Gasteiger partial charge in [0.25, 0.3) is 0 Å². The Morgan fingerprint density at radius 2 is 1.62 bits per heavy atom. The molecule has 0 saturated heterocycles. The van der Waals surface area contributed by atoms with Gasteiger partial charge in [-0.2, -0.15) is 0 Å². The summed E-state index contributed by atoms with van der Waals surface area (Å²) in [5.74, 6) is 0. The maximum absolute atomic E-state index is 11.4. The van der Waals surface area contributed by atoms with Gasteiger partial charge in [-0.1, -0.05) is 30.3 Å². The topological polar surface area (TPSA) is 58.2 Å². The van der Waals surface area contributed by atoms with Crippen LogP contribution in [0, 0.1) is 0 Å². The molecule has 0 aliphatic carbocycles. The molecular formula is C16H18N2O2S. The van der Waals surface area contributed by atoms with Gasteiger partial charge in [0.05, 0.1) is 10.6 Å². The zero-order valence-corrected chi connectivity index (χ0v) is 12.8. The van der Waals surface area contributed by atoms with Crippen LogP contribution in [0.1, 0.15) is 5.56 Å². The number of sulfone groups is 1. The van der Waals surface area contributed by atoms with E-state index in [1.54, 1.807) is 24.3 Å². The highest BCUT2D eigenvalue weighted by Crippen LogP contribution is 2.15. The van der Waals surface area contributed by atoms with E-state index in [-0.39, 0.29) is 0 Å². The minimum atomic E-state index is -3.15. The summed E-state index contributed by atoms with van der Waals surface area (Å²) in [6.45, 7) is 0. The van der Waals surface area contributed by atoms with Gasteiger partial charge in [-0.05, 0) is 29.8 Å². The molecule has 0 unspecified atom stereocenters. The van der Waals surface area contributed by atoms with Crippen molar-refractivity contribution in [1.82, 2.24) is 5.32 Å². The molecule has 2 aromatic carbocycles. The SMILES string of the molecule is CN/C(=C\Nc1ccc(S(C)(=O)=O)cc1)c1ccccc1. The highest BCUT2D eigenvalue weighted by molar-refractivity contribution is 7.90. The van der Waals surface area contributed by atoms with E-state index in [0.717, 1.165) is 16.9 Å². The molecule has 0 aliphatic rings. The van der Waals surface area contributed by atoms with Gasteiger partial charge in [0, 0.05) is 25.2 Å². The molecule has 110 valence electrons. The van der Waals surface area contributed by atoms with Gasteiger partial charge in [0.15, 0.2) is 9.84 Å². The molecule has 0 aromatic heterocycles. The van der Waals surface area contributed by atoms with E-state index in [4.69, 9.17) is 0 Å². The van der Waals surface area contributed by atoms with E-state index in [1.165, 1.54) is 6.26 Å². The van der Waals surface area contributed by atoms with E-state index in [9.17, 15) is 8.42 Å². The molecule has 5 heteroatoms. The molecule has 0 aliphatic heterocycles. The van der Waals surface area contributed by atoms with E-state index in [0.29, 0.717) is 4.90 Å². The molecule has 0 saturated carbocycles. The maximum atomic E-state index is 11.4. The van der Waals surface area contributed by atoms with Crippen molar-refractivity contribution in [3.63, 3.8) is 0 Å². The van der Waals surface area contributed by atoms with Crippen LogP contribution >= 0.6 is 0 Å². The van der Waals surface area contributed by atoms with Gasteiger partial charge < -0.3 is 10.6 Å². The zero-order chi connectivity index (χ0) is 15.3. The molecule has 2 aromatic rings. The minimum Gasteiger partial charge on any atom is -0.386 e. The standard InChI is InChI=1S/C16H18N2O2S/c1-17-16(13-6-4-3-5-7-13)12-18-14-8-10-15(11-9-14)21(2,19)20/h3-12,17-18H,1-2H3/b16-12-. The van der Waals surface area contributed by atoms with Crippen molar-refractivity contribution in [2.75, 3.05) is 18.6 Å². The van der Waals surface area contributed by atoms with Crippen molar-refractivity contribution in [3.05, 3.63) is 66.4 Å². The second-order valence-corrected chi connectivity index (χ2v) is 6.63. The molecule has 0 atom stereocenters. The summed E-state index contributed by atoms with van der Waals surface area (Å²) < 4.78 is 22.8. The van der Waals surface area contributed by atoms with Crippen molar-refractivity contribution in [2.45, 2.75) is 4.90 Å². The van der Waals surface area contributed by atoms with Crippen LogP contribution in [-0.4, -0.2) is 21.7 Å². The Kier molecular flexibility index (Phi) is 4.65. The van der Waals surface area contributed by atoms with E-state index < -0.39 is 9.84 Å². The third-order valence-electron chi connectivity index (χ3n) is 3.02. The van der Waals surface area contributed by atoms with E-state index >= 15 is 0 Å². The van der Waals surface area contributed by atoms with Crippen molar-refractivity contribution >= 4 is 21.2 Å². The quantitative estimate of drug-likeness (QED) is 0.891. The highest BCUT2D eigenvalue weighted by Gasteiger charge is 2.05. The molecule has 4 nitrogen and oxygen atoms in total. The van der Waals surface area contributed by atoms with E-state index in [1.807, 2.05) is 43.6 Å². The lowest BCUT2D eigenvalue weighted by Gasteiger charge is -2.09. The van der Waals surface area contributed by atoms with Crippen LogP contribution in [0.2, 0.25) is 0 Å². The molecule has 0 radical (unpaired) electrons. The molecule has 0 amide bonds. The average Bonchev–Trinajstić information content (AvgIpc) is 2.48. The third kappa shape index (κ3) is 4.10. The summed E-state index contributed by atoms with van der Waals surface area (Å²) in [5, 5.41) is 6.28. The predicted molar refractivity (Wildman–Crippen MR) is 86.7 cm³/mol. The van der Waals surface area contributed by atoms with Crippen molar-refractivity contribution in [1.29, 1.82) is 0 Å². The summed E-state index contributed by atoms with van der Waals surface area (Å²) in [7, 11) is -1.30. The smallest absolute Gasteiger partial charge is 0.175 e. The summed E-state index contributed by atoms with van der Waals surface area (Å²) in [5.41, 5.74) is 2.84. The molecule has 21 heavy (non-hydrogen) atoms. The molecule has 0 spiro atoms. The monoisotopic (exact) mass is 302 g/mol. The molecule has 0 heterocycles. The first-order chi connectivity index (χ1) is 10.0. The first-order valence-electron chi connectivity index (χ1n) is 6.51. The zero-order valence-electron chi connectivity index (χ0n) is 12.0. The summed E-state index contributed by atoms with van der Waals surface area (Å²) in [6.07, 6.45) is 3.05. The van der Waals surface area contributed by atoms with Crippen LogP contribution in [-0.2, 0) is 9.84 Å². The van der Waals surface area contributed by atoms with Gasteiger partial charge >= 0.3 is 0 Å². The predicted octanol–water partition coefficient (Wildman–Crippen LogP) is 2.72. The fourth-order valence-corrected chi connectivity index (χ4v) is 2.50. The molecule has 0 bridgehead atoms. The summed E-state index contributed by atoms with van der Waals surface area (Å²) >= 11 is 0. The number of benzene rings is 2. The number of hydrogen-bond acceptors (Lipinski definition) is 4. The van der Waals surface area contributed by atoms with Crippen molar-refractivity contribution in [2.24, 2.45) is 0 Å². The first kappa shape index (κ1) is 15.1. The molecule has 2 rings (SSSR count). The lowest BCUT2D eigenvalue weighted by Crippen LogP contribution is -2.06. The summed E-state index contributed by atoms with van der Waals surface area (Å²) in [4.78, 5) is 0.314. The Balaban J connectivity index is 2.16. The van der Waals surface area contributed by atoms with Gasteiger partial charge in [-0.15, -0.1) is 0 Å². The second kappa shape index (κ2) is 6.45. The van der Waals surface area contributed by atoms with Crippen molar-refractivity contribution in [3.8, 4) is 0 Å². The molecule has 2 N–H and O–H groups in total. The Hall–Kier alpha value is -2.27. The fraction of sp³-hybridized carbons (Fsp3) is 0.125. The van der Waals surface area contributed by atoms with Crippen LogP contribution in [0.15, 0.2) is 65.7 Å². The minimum absolute atomic E-state index is 0.314. The van der Waals surface area contributed by atoms with Crippen LogP contribution in [0.3, 0.4) is 0 Å². The van der Waals surface area contributed by atoms with Crippen molar-refractivity contribution < 1.29 is 8.42 Å². The van der Waals surface area contributed by atoms with Crippen LogP contribution in [0.5, 0.6) is 0 Å². The highest BCUT2D eigenvalue weighted by atomic mass is 32.2. The molecule has 0 fully saturated rings. The number of nitrogens with one attached hydrogen (secondary N) is 2. The largest absolute Gasteiger partial charge is 0.386 e. The first-order valence-corrected chi connectivity index (χ1v) is 8.40. The molecular weight excluding hydrogens is 284 g/mol. The lowest BCUT2D eigenvalue weighted by molar-refractivity contribution is 0.602. The van der Waals surface area contributed by atoms with Gasteiger partial charge in [-0.3, -0.25) is 0 Å². The van der Waals surface area contributed by atoms with Gasteiger partial charge in [-0.25, -0.2) is 8.42 Å². The summed E-state index contributed by atoms with van der Waals surface area (Å²) in [6, 6.07) is 16.6. The van der Waals surface area contributed by atoms with Gasteiger partial charge in [0.2, 0.25) is 0 Å². The maximum Gasteiger partial charge on any atom is 0.175 e. The Bertz CT molecular complexity index is 721. The average molecular weight is 302 g/mol. The Morgan fingerprint density at radius 1 is 1.00 bits per heavy atom. The van der Waals surface area contributed by atoms with Crippen LogP contribution in [0.25, 0.3) is 5.70 Å². The number of anilines is 1. The Labute approximate surface area is 125 Å². The Morgan fingerprint density at radius 3 is 2.14 bits per heavy atom. The van der Waals surface area contributed by atoms with E-state index in [2.05, 4.69) is 10.6 Å². The normalized spacial score (nSPS) is 12.0.